The van der Waals surface area contributed by atoms with Crippen molar-refractivity contribution in [2.24, 2.45) is 10.4 Å². The molecular formula is C18H34N4O. The van der Waals surface area contributed by atoms with Gasteiger partial charge in [-0.1, -0.05) is 19.3 Å². The molecule has 1 N–H and O–H groups in total. The van der Waals surface area contributed by atoms with Gasteiger partial charge < -0.3 is 19.9 Å². The van der Waals surface area contributed by atoms with Crippen molar-refractivity contribution in [2.75, 3.05) is 52.9 Å². The zero-order valence-corrected chi connectivity index (χ0v) is 15.0. The standard InChI is InChI=1S/C18H34N4O/c1-3-19-17(20-13-16-14-21(2)11-12-23-16)22-10-9-18(15-22)7-5-4-6-8-18/h16H,3-15H2,1-2H3,(H,19,20). The SMILES string of the molecule is CCNC(=NCC1CN(C)CCO1)N1CCC2(CCCCC2)C1. The van der Waals surface area contributed by atoms with Crippen LogP contribution < -0.4 is 5.32 Å². The zero-order chi connectivity index (χ0) is 16.1. The lowest BCUT2D eigenvalue weighted by Crippen LogP contribution is -2.44. The zero-order valence-electron chi connectivity index (χ0n) is 15.0. The minimum absolute atomic E-state index is 0.244. The Morgan fingerprint density at radius 1 is 1.22 bits per heavy atom. The fourth-order valence-electron chi connectivity index (χ4n) is 4.42. The van der Waals surface area contributed by atoms with Gasteiger partial charge in [-0.05, 0) is 38.6 Å². The topological polar surface area (TPSA) is 40.1 Å². The first kappa shape index (κ1) is 17.0. The number of aliphatic imine (C=N–C) groups is 1. The van der Waals surface area contributed by atoms with Crippen molar-refractivity contribution in [1.82, 2.24) is 15.1 Å². The summed E-state index contributed by atoms with van der Waals surface area (Å²) in [6.07, 6.45) is 8.70. The molecule has 5 heteroatoms. The number of guanidine groups is 1. The third kappa shape index (κ3) is 4.38. The van der Waals surface area contributed by atoms with Crippen LogP contribution in [0.25, 0.3) is 0 Å². The molecule has 1 spiro atoms. The molecule has 1 saturated carbocycles. The van der Waals surface area contributed by atoms with Gasteiger partial charge in [-0.25, -0.2) is 0 Å². The summed E-state index contributed by atoms with van der Waals surface area (Å²) in [7, 11) is 2.16. The van der Waals surface area contributed by atoms with E-state index in [1.165, 1.54) is 45.1 Å². The van der Waals surface area contributed by atoms with Gasteiger partial charge in [0.1, 0.15) is 0 Å². The molecule has 0 aromatic heterocycles. The van der Waals surface area contributed by atoms with Gasteiger partial charge in [-0.15, -0.1) is 0 Å². The molecule has 3 fully saturated rings. The monoisotopic (exact) mass is 322 g/mol. The van der Waals surface area contributed by atoms with E-state index < -0.39 is 0 Å². The predicted molar refractivity (Wildman–Crippen MR) is 94.9 cm³/mol. The minimum atomic E-state index is 0.244. The Bertz CT molecular complexity index is 406. The van der Waals surface area contributed by atoms with Crippen LogP contribution in [0.2, 0.25) is 0 Å². The third-order valence-corrected chi connectivity index (χ3v) is 5.77. The normalized spacial score (nSPS) is 29.2. The van der Waals surface area contributed by atoms with Crippen molar-refractivity contribution < 1.29 is 4.74 Å². The number of ether oxygens (including phenoxy) is 1. The molecule has 1 unspecified atom stereocenters. The fourth-order valence-corrected chi connectivity index (χ4v) is 4.42. The smallest absolute Gasteiger partial charge is 0.194 e. The van der Waals surface area contributed by atoms with E-state index in [1.807, 2.05) is 0 Å². The maximum absolute atomic E-state index is 5.85. The van der Waals surface area contributed by atoms with Crippen molar-refractivity contribution in [3.05, 3.63) is 0 Å². The summed E-state index contributed by atoms with van der Waals surface area (Å²) in [5.74, 6) is 1.10. The van der Waals surface area contributed by atoms with Gasteiger partial charge in [0, 0.05) is 32.7 Å². The highest BCUT2D eigenvalue weighted by molar-refractivity contribution is 5.80. The summed E-state index contributed by atoms with van der Waals surface area (Å²) in [5.41, 5.74) is 0.579. The molecule has 5 nitrogen and oxygen atoms in total. The molecule has 23 heavy (non-hydrogen) atoms. The van der Waals surface area contributed by atoms with Crippen molar-refractivity contribution in [3.8, 4) is 0 Å². The predicted octanol–water partition coefficient (Wildman–Crippen LogP) is 1.94. The number of hydrogen-bond donors (Lipinski definition) is 1. The Morgan fingerprint density at radius 2 is 2.04 bits per heavy atom. The third-order valence-electron chi connectivity index (χ3n) is 5.77. The number of likely N-dealkylation sites (tertiary alicyclic amines) is 1. The van der Waals surface area contributed by atoms with Crippen LogP contribution in [0.4, 0.5) is 0 Å². The average molecular weight is 322 g/mol. The molecule has 2 saturated heterocycles. The molecule has 2 heterocycles. The highest BCUT2D eigenvalue weighted by Gasteiger charge is 2.39. The Kier molecular flexibility index (Phi) is 5.81. The Hall–Kier alpha value is -0.810. The van der Waals surface area contributed by atoms with E-state index in [2.05, 4.69) is 29.1 Å². The van der Waals surface area contributed by atoms with E-state index in [9.17, 15) is 0 Å². The largest absolute Gasteiger partial charge is 0.374 e. The lowest BCUT2D eigenvalue weighted by atomic mass is 9.73. The number of likely N-dealkylation sites (N-methyl/N-ethyl adjacent to an activating group) is 1. The van der Waals surface area contributed by atoms with Crippen molar-refractivity contribution >= 4 is 5.96 Å². The molecule has 0 aromatic rings. The van der Waals surface area contributed by atoms with E-state index in [0.29, 0.717) is 5.41 Å². The van der Waals surface area contributed by atoms with Crippen LogP contribution in [0.5, 0.6) is 0 Å². The van der Waals surface area contributed by atoms with E-state index in [4.69, 9.17) is 9.73 Å². The lowest BCUT2D eigenvalue weighted by Gasteiger charge is -2.34. The molecule has 132 valence electrons. The Morgan fingerprint density at radius 3 is 2.78 bits per heavy atom. The van der Waals surface area contributed by atoms with E-state index in [0.717, 1.165) is 45.3 Å². The molecule has 1 aliphatic carbocycles. The van der Waals surface area contributed by atoms with Gasteiger partial charge in [-0.3, -0.25) is 4.99 Å². The molecule has 1 atom stereocenters. The van der Waals surface area contributed by atoms with Crippen molar-refractivity contribution in [1.29, 1.82) is 0 Å². The average Bonchev–Trinajstić information content (AvgIpc) is 2.95. The molecule has 2 aliphatic heterocycles. The van der Waals surface area contributed by atoms with Crippen LogP contribution in [0.1, 0.15) is 45.4 Å². The summed E-state index contributed by atoms with van der Waals surface area (Å²) in [5, 5.41) is 3.50. The summed E-state index contributed by atoms with van der Waals surface area (Å²) in [6.45, 7) is 9.10. The minimum Gasteiger partial charge on any atom is -0.374 e. The van der Waals surface area contributed by atoms with Crippen LogP contribution in [0, 0.1) is 5.41 Å². The quantitative estimate of drug-likeness (QED) is 0.637. The summed E-state index contributed by atoms with van der Waals surface area (Å²) < 4.78 is 5.85. The van der Waals surface area contributed by atoms with Crippen molar-refractivity contribution in [2.45, 2.75) is 51.6 Å². The van der Waals surface area contributed by atoms with Gasteiger partial charge in [0.15, 0.2) is 5.96 Å². The van der Waals surface area contributed by atoms with Gasteiger partial charge in [-0.2, -0.15) is 0 Å². The van der Waals surface area contributed by atoms with Crippen LogP contribution >= 0.6 is 0 Å². The van der Waals surface area contributed by atoms with Gasteiger partial charge >= 0.3 is 0 Å². The second-order valence-corrected chi connectivity index (χ2v) is 7.68. The van der Waals surface area contributed by atoms with Crippen LogP contribution in [0.3, 0.4) is 0 Å². The second-order valence-electron chi connectivity index (χ2n) is 7.68. The highest BCUT2D eigenvalue weighted by atomic mass is 16.5. The summed E-state index contributed by atoms with van der Waals surface area (Å²) >= 11 is 0. The number of nitrogens with zero attached hydrogens (tertiary/aromatic N) is 3. The molecule has 0 bridgehead atoms. The van der Waals surface area contributed by atoms with E-state index in [-0.39, 0.29) is 6.10 Å². The van der Waals surface area contributed by atoms with Gasteiger partial charge in [0.25, 0.3) is 0 Å². The first-order chi connectivity index (χ1) is 11.2. The maximum atomic E-state index is 5.85. The number of rotatable bonds is 3. The van der Waals surface area contributed by atoms with Crippen molar-refractivity contribution in [3.63, 3.8) is 0 Å². The van der Waals surface area contributed by atoms with Gasteiger partial charge in [0.05, 0.1) is 19.3 Å². The maximum Gasteiger partial charge on any atom is 0.194 e. The first-order valence-electron chi connectivity index (χ1n) is 9.54. The second kappa shape index (κ2) is 7.84. The molecule has 0 aromatic carbocycles. The number of hydrogen-bond acceptors (Lipinski definition) is 3. The molecular weight excluding hydrogens is 288 g/mol. The number of nitrogens with one attached hydrogen (secondary N) is 1. The summed E-state index contributed by atoms with van der Waals surface area (Å²) in [4.78, 5) is 9.75. The molecule has 0 amide bonds. The summed E-state index contributed by atoms with van der Waals surface area (Å²) in [6, 6.07) is 0. The van der Waals surface area contributed by atoms with E-state index in [1.54, 1.807) is 0 Å². The van der Waals surface area contributed by atoms with Crippen LogP contribution in [-0.2, 0) is 4.74 Å². The highest BCUT2D eigenvalue weighted by Crippen LogP contribution is 2.43. The fraction of sp³-hybridized carbons (Fsp3) is 0.944. The molecule has 3 rings (SSSR count). The Balaban J connectivity index is 1.58. The lowest BCUT2D eigenvalue weighted by molar-refractivity contribution is -0.0137. The van der Waals surface area contributed by atoms with Crippen LogP contribution in [-0.4, -0.2) is 74.8 Å². The molecule has 0 radical (unpaired) electrons. The Labute approximate surface area is 141 Å². The van der Waals surface area contributed by atoms with Gasteiger partial charge in [0.2, 0.25) is 0 Å². The van der Waals surface area contributed by atoms with E-state index >= 15 is 0 Å². The van der Waals surface area contributed by atoms with Crippen LogP contribution in [0.15, 0.2) is 4.99 Å². The first-order valence-corrected chi connectivity index (χ1v) is 9.54. The number of morpholine rings is 1. The molecule has 3 aliphatic rings.